The molecule has 19 heavy (non-hydrogen) atoms. The lowest BCUT2D eigenvalue weighted by molar-refractivity contribution is 0.152. The maximum Gasteiger partial charge on any atom is 0.122 e. The molecule has 2 atom stereocenters. The predicted octanol–water partition coefficient (Wildman–Crippen LogP) is 3.70. The number of benzene rings is 1. The molecule has 0 aliphatic heterocycles. The quantitative estimate of drug-likeness (QED) is 0.897. The van der Waals surface area contributed by atoms with Gasteiger partial charge in [-0.05, 0) is 55.7 Å². The third kappa shape index (κ3) is 3.30. The summed E-state index contributed by atoms with van der Waals surface area (Å²) in [5.74, 6) is 1.81. The van der Waals surface area contributed by atoms with Gasteiger partial charge in [0.25, 0.3) is 0 Å². The van der Waals surface area contributed by atoms with E-state index in [1.165, 1.54) is 36.8 Å². The van der Waals surface area contributed by atoms with E-state index in [0.717, 1.165) is 24.6 Å². The molecule has 2 unspecified atom stereocenters. The molecule has 2 N–H and O–H groups in total. The molecule has 1 aliphatic carbocycles. The van der Waals surface area contributed by atoms with Crippen LogP contribution in [0.5, 0.6) is 5.75 Å². The average Bonchev–Trinajstić information content (AvgIpc) is 2.39. The van der Waals surface area contributed by atoms with Crippen molar-refractivity contribution >= 4 is 0 Å². The van der Waals surface area contributed by atoms with Crippen molar-refractivity contribution in [1.29, 1.82) is 0 Å². The Kier molecular flexibility index (Phi) is 4.51. The van der Waals surface area contributed by atoms with Crippen molar-refractivity contribution in [1.82, 2.24) is 0 Å². The van der Waals surface area contributed by atoms with Crippen LogP contribution in [0.1, 0.15) is 43.7 Å². The number of rotatable bonds is 4. The van der Waals surface area contributed by atoms with E-state index in [0.29, 0.717) is 0 Å². The molecule has 106 valence electrons. The maximum absolute atomic E-state index is 6.14. The standard InChI is InChI=1S/C17H27NO/c1-13-6-7-16(19-3)15(9-13)11-17(12-18)8-4-5-14(2)10-17/h6-7,9,14H,4-5,8,10-12,18H2,1-3H3. The normalized spacial score (nSPS) is 27.3. The number of nitrogens with two attached hydrogens (primary N) is 1. The van der Waals surface area contributed by atoms with Gasteiger partial charge in [-0.3, -0.25) is 0 Å². The van der Waals surface area contributed by atoms with Crippen molar-refractivity contribution < 1.29 is 4.74 Å². The highest BCUT2D eigenvalue weighted by molar-refractivity contribution is 5.37. The van der Waals surface area contributed by atoms with Gasteiger partial charge in [0.2, 0.25) is 0 Å². The van der Waals surface area contributed by atoms with Crippen molar-refractivity contribution in [2.24, 2.45) is 17.1 Å². The van der Waals surface area contributed by atoms with Crippen LogP contribution in [0.4, 0.5) is 0 Å². The summed E-state index contributed by atoms with van der Waals surface area (Å²) in [5.41, 5.74) is 9.03. The Bertz CT molecular complexity index is 429. The summed E-state index contributed by atoms with van der Waals surface area (Å²) < 4.78 is 5.52. The van der Waals surface area contributed by atoms with Crippen LogP contribution < -0.4 is 10.5 Å². The molecule has 0 aromatic heterocycles. The van der Waals surface area contributed by atoms with Crippen LogP contribution in [0, 0.1) is 18.3 Å². The molecule has 1 aromatic rings. The average molecular weight is 261 g/mol. The Labute approximate surface area is 117 Å². The summed E-state index contributed by atoms with van der Waals surface area (Å²) >= 11 is 0. The van der Waals surface area contributed by atoms with Gasteiger partial charge in [0, 0.05) is 0 Å². The van der Waals surface area contributed by atoms with Gasteiger partial charge in [-0.15, -0.1) is 0 Å². The zero-order chi connectivity index (χ0) is 13.9. The van der Waals surface area contributed by atoms with E-state index < -0.39 is 0 Å². The molecule has 0 saturated heterocycles. The van der Waals surface area contributed by atoms with Crippen molar-refractivity contribution in [2.75, 3.05) is 13.7 Å². The molecule has 1 aliphatic rings. The number of aryl methyl sites for hydroxylation is 1. The van der Waals surface area contributed by atoms with Crippen molar-refractivity contribution in [3.05, 3.63) is 29.3 Å². The van der Waals surface area contributed by atoms with E-state index in [-0.39, 0.29) is 5.41 Å². The molecule has 1 saturated carbocycles. The highest BCUT2D eigenvalue weighted by Gasteiger charge is 2.34. The first kappa shape index (κ1) is 14.4. The molecule has 0 bridgehead atoms. The predicted molar refractivity (Wildman–Crippen MR) is 80.6 cm³/mol. The minimum absolute atomic E-state index is 0.277. The zero-order valence-electron chi connectivity index (χ0n) is 12.5. The Hall–Kier alpha value is -1.02. The molecular weight excluding hydrogens is 234 g/mol. The number of methoxy groups -OCH3 is 1. The Morgan fingerprint density at radius 2 is 2.21 bits per heavy atom. The van der Waals surface area contributed by atoms with Gasteiger partial charge in [-0.2, -0.15) is 0 Å². The van der Waals surface area contributed by atoms with E-state index in [4.69, 9.17) is 10.5 Å². The molecule has 0 spiro atoms. The van der Waals surface area contributed by atoms with Crippen LogP contribution in [0.25, 0.3) is 0 Å². The lowest BCUT2D eigenvalue weighted by Crippen LogP contribution is -2.37. The fourth-order valence-electron chi connectivity index (χ4n) is 3.64. The van der Waals surface area contributed by atoms with Gasteiger partial charge < -0.3 is 10.5 Å². The van der Waals surface area contributed by atoms with Gasteiger partial charge >= 0.3 is 0 Å². The minimum atomic E-state index is 0.277. The summed E-state index contributed by atoms with van der Waals surface area (Å²) in [6.07, 6.45) is 6.23. The topological polar surface area (TPSA) is 35.2 Å². The van der Waals surface area contributed by atoms with Gasteiger partial charge in [-0.25, -0.2) is 0 Å². The second kappa shape index (κ2) is 5.96. The highest BCUT2D eigenvalue weighted by atomic mass is 16.5. The molecule has 2 nitrogen and oxygen atoms in total. The lowest BCUT2D eigenvalue weighted by Gasteiger charge is -2.39. The summed E-state index contributed by atoms with van der Waals surface area (Å²) in [5, 5.41) is 0. The molecule has 0 heterocycles. The smallest absolute Gasteiger partial charge is 0.122 e. The first-order valence-corrected chi connectivity index (χ1v) is 7.42. The third-order valence-electron chi connectivity index (χ3n) is 4.62. The van der Waals surface area contributed by atoms with Gasteiger partial charge in [0.1, 0.15) is 5.75 Å². The number of hydrogen-bond acceptors (Lipinski definition) is 2. The summed E-state index contributed by atoms with van der Waals surface area (Å²) in [7, 11) is 1.76. The van der Waals surface area contributed by atoms with Crippen molar-refractivity contribution in [2.45, 2.75) is 46.0 Å². The van der Waals surface area contributed by atoms with E-state index in [1.54, 1.807) is 7.11 Å². The maximum atomic E-state index is 6.14. The van der Waals surface area contributed by atoms with Crippen LogP contribution in [0.2, 0.25) is 0 Å². The fraction of sp³-hybridized carbons (Fsp3) is 0.647. The van der Waals surface area contributed by atoms with E-state index >= 15 is 0 Å². The SMILES string of the molecule is COc1ccc(C)cc1CC1(CN)CCCC(C)C1. The van der Waals surface area contributed by atoms with Crippen LogP contribution in [-0.4, -0.2) is 13.7 Å². The number of ether oxygens (including phenoxy) is 1. The molecule has 2 heteroatoms. The van der Waals surface area contributed by atoms with Crippen LogP contribution in [-0.2, 0) is 6.42 Å². The Morgan fingerprint density at radius 1 is 1.42 bits per heavy atom. The third-order valence-corrected chi connectivity index (χ3v) is 4.62. The molecule has 1 aromatic carbocycles. The van der Waals surface area contributed by atoms with Gasteiger partial charge in [0.15, 0.2) is 0 Å². The zero-order valence-corrected chi connectivity index (χ0v) is 12.5. The molecule has 2 rings (SSSR count). The highest BCUT2D eigenvalue weighted by Crippen LogP contribution is 2.42. The second-order valence-corrected chi connectivity index (χ2v) is 6.40. The minimum Gasteiger partial charge on any atom is -0.496 e. The fourth-order valence-corrected chi connectivity index (χ4v) is 3.64. The Morgan fingerprint density at radius 3 is 2.84 bits per heavy atom. The molecule has 0 radical (unpaired) electrons. The molecular formula is C17H27NO. The summed E-state index contributed by atoms with van der Waals surface area (Å²) in [6.45, 7) is 5.28. The number of hydrogen-bond donors (Lipinski definition) is 1. The largest absolute Gasteiger partial charge is 0.496 e. The van der Waals surface area contributed by atoms with Crippen LogP contribution in [0.15, 0.2) is 18.2 Å². The van der Waals surface area contributed by atoms with Crippen LogP contribution >= 0.6 is 0 Å². The summed E-state index contributed by atoms with van der Waals surface area (Å²) in [4.78, 5) is 0. The monoisotopic (exact) mass is 261 g/mol. The Balaban J connectivity index is 2.24. The molecule has 0 amide bonds. The van der Waals surface area contributed by atoms with Crippen LogP contribution in [0.3, 0.4) is 0 Å². The van der Waals surface area contributed by atoms with Crippen molar-refractivity contribution in [3.8, 4) is 5.75 Å². The van der Waals surface area contributed by atoms with Gasteiger partial charge in [0.05, 0.1) is 7.11 Å². The first-order valence-electron chi connectivity index (χ1n) is 7.42. The second-order valence-electron chi connectivity index (χ2n) is 6.40. The van der Waals surface area contributed by atoms with Gasteiger partial charge in [-0.1, -0.05) is 37.5 Å². The van der Waals surface area contributed by atoms with E-state index in [9.17, 15) is 0 Å². The molecule has 1 fully saturated rings. The van der Waals surface area contributed by atoms with E-state index in [1.807, 2.05) is 0 Å². The first-order chi connectivity index (χ1) is 9.08. The van der Waals surface area contributed by atoms with Crippen molar-refractivity contribution in [3.63, 3.8) is 0 Å². The van der Waals surface area contributed by atoms with E-state index in [2.05, 4.69) is 32.0 Å². The summed E-state index contributed by atoms with van der Waals surface area (Å²) in [6, 6.07) is 6.46. The lowest BCUT2D eigenvalue weighted by atomic mass is 9.67.